The van der Waals surface area contributed by atoms with E-state index in [1.165, 1.54) is 0 Å². The third kappa shape index (κ3) is 4.43. The number of para-hydroxylation sites is 1. The van der Waals surface area contributed by atoms with Crippen LogP contribution >= 0.6 is 0 Å². The van der Waals surface area contributed by atoms with Gasteiger partial charge in [-0.05, 0) is 43.7 Å². The number of carbonyl (C=O) groups is 1. The fourth-order valence-corrected chi connectivity index (χ4v) is 4.58. The van der Waals surface area contributed by atoms with E-state index in [2.05, 4.69) is 11.8 Å². The van der Waals surface area contributed by atoms with Gasteiger partial charge in [-0.25, -0.2) is 14.6 Å². The molecule has 4 aromatic rings. The van der Waals surface area contributed by atoms with Crippen LogP contribution in [0.3, 0.4) is 0 Å². The molecule has 1 aliphatic heterocycles. The Morgan fingerprint density at radius 1 is 1.00 bits per heavy atom. The molecule has 0 radical (unpaired) electrons. The SMILES string of the molecule is CCCc1nc(N2CCN(C(=O)c3cccc(OC)c3)CC2)c2c(C)nn(-c3ccccc3)c2n1. The van der Waals surface area contributed by atoms with Crippen molar-refractivity contribution in [3.8, 4) is 11.4 Å². The number of rotatable bonds is 6. The molecule has 8 heteroatoms. The smallest absolute Gasteiger partial charge is 0.254 e. The van der Waals surface area contributed by atoms with E-state index in [1.807, 2.05) is 65.0 Å². The summed E-state index contributed by atoms with van der Waals surface area (Å²) >= 11 is 0. The number of hydrogen-bond donors (Lipinski definition) is 0. The molecule has 0 N–H and O–H groups in total. The second-order valence-corrected chi connectivity index (χ2v) is 8.76. The second kappa shape index (κ2) is 9.74. The van der Waals surface area contributed by atoms with Gasteiger partial charge in [-0.1, -0.05) is 31.2 Å². The number of anilines is 1. The van der Waals surface area contributed by atoms with Gasteiger partial charge >= 0.3 is 0 Å². The fourth-order valence-electron chi connectivity index (χ4n) is 4.58. The molecule has 0 saturated carbocycles. The summed E-state index contributed by atoms with van der Waals surface area (Å²) in [4.78, 5) is 27.1. The molecule has 35 heavy (non-hydrogen) atoms. The van der Waals surface area contributed by atoms with Crippen LogP contribution in [0.4, 0.5) is 5.82 Å². The highest BCUT2D eigenvalue weighted by Crippen LogP contribution is 2.30. The number of methoxy groups -OCH3 is 1. The maximum Gasteiger partial charge on any atom is 0.254 e. The molecular formula is C27H30N6O2. The Labute approximate surface area is 205 Å². The van der Waals surface area contributed by atoms with Crippen LogP contribution < -0.4 is 9.64 Å². The molecule has 2 aromatic carbocycles. The summed E-state index contributed by atoms with van der Waals surface area (Å²) in [6, 6.07) is 17.4. The van der Waals surface area contributed by atoms with Gasteiger partial charge in [0.25, 0.3) is 5.91 Å². The number of benzene rings is 2. The third-order valence-electron chi connectivity index (χ3n) is 6.39. The molecule has 0 bridgehead atoms. The number of piperazine rings is 1. The molecule has 1 fully saturated rings. The minimum absolute atomic E-state index is 0.0242. The van der Waals surface area contributed by atoms with Crippen LogP contribution in [-0.4, -0.2) is 63.8 Å². The van der Waals surface area contributed by atoms with Crippen molar-refractivity contribution in [2.75, 3.05) is 38.2 Å². The first-order valence-corrected chi connectivity index (χ1v) is 12.1. The summed E-state index contributed by atoms with van der Waals surface area (Å²) < 4.78 is 7.20. The zero-order valence-corrected chi connectivity index (χ0v) is 20.4. The van der Waals surface area contributed by atoms with Crippen LogP contribution in [0.25, 0.3) is 16.7 Å². The summed E-state index contributed by atoms with van der Waals surface area (Å²) in [5.41, 5.74) is 3.35. The van der Waals surface area contributed by atoms with Crippen molar-refractivity contribution in [1.82, 2.24) is 24.6 Å². The van der Waals surface area contributed by atoms with Crippen molar-refractivity contribution in [3.63, 3.8) is 0 Å². The fraction of sp³-hybridized carbons (Fsp3) is 0.333. The molecule has 3 heterocycles. The topological polar surface area (TPSA) is 76.4 Å². The van der Waals surface area contributed by atoms with Gasteiger partial charge in [0.1, 0.15) is 17.4 Å². The van der Waals surface area contributed by atoms with E-state index in [1.54, 1.807) is 13.2 Å². The van der Waals surface area contributed by atoms with E-state index in [-0.39, 0.29) is 5.91 Å². The summed E-state index contributed by atoms with van der Waals surface area (Å²) in [7, 11) is 1.61. The van der Waals surface area contributed by atoms with E-state index in [0.29, 0.717) is 37.5 Å². The standard InChI is InChI=1S/C27H30N6O2/c1-4-9-23-28-25(24-19(2)30-33(26(24)29-23)21-11-6-5-7-12-21)31-14-16-32(17-15-31)27(34)20-10-8-13-22(18-20)35-3/h5-8,10-13,18H,4,9,14-17H2,1-3H3. The molecule has 0 atom stereocenters. The van der Waals surface area contributed by atoms with E-state index >= 15 is 0 Å². The summed E-state index contributed by atoms with van der Waals surface area (Å²) in [6.45, 7) is 6.78. The zero-order chi connectivity index (χ0) is 24.4. The van der Waals surface area contributed by atoms with Gasteiger partial charge in [0, 0.05) is 38.2 Å². The first kappa shape index (κ1) is 22.8. The van der Waals surface area contributed by atoms with Crippen LogP contribution in [-0.2, 0) is 6.42 Å². The molecule has 8 nitrogen and oxygen atoms in total. The van der Waals surface area contributed by atoms with Crippen molar-refractivity contribution in [2.45, 2.75) is 26.7 Å². The van der Waals surface area contributed by atoms with Crippen molar-refractivity contribution < 1.29 is 9.53 Å². The lowest BCUT2D eigenvalue weighted by atomic mass is 10.1. The highest BCUT2D eigenvalue weighted by molar-refractivity contribution is 5.95. The second-order valence-electron chi connectivity index (χ2n) is 8.76. The average Bonchev–Trinajstić information content (AvgIpc) is 3.25. The molecule has 1 aliphatic rings. The summed E-state index contributed by atoms with van der Waals surface area (Å²) in [6.07, 6.45) is 1.77. The Morgan fingerprint density at radius 3 is 2.49 bits per heavy atom. The number of ether oxygens (including phenoxy) is 1. The first-order valence-electron chi connectivity index (χ1n) is 12.1. The van der Waals surface area contributed by atoms with Crippen LogP contribution in [0, 0.1) is 6.92 Å². The normalized spacial score (nSPS) is 13.9. The molecule has 180 valence electrons. The van der Waals surface area contributed by atoms with Crippen molar-refractivity contribution in [2.24, 2.45) is 0 Å². The highest BCUT2D eigenvalue weighted by atomic mass is 16.5. The molecule has 0 aliphatic carbocycles. The molecule has 1 saturated heterocycles. The number of amides is 1. The molecule has 2 aromatic heterocycles. The van der Waals surface area contributed by atoms with Gasteiger partial charge < -0.3 is 14.5 Å². The number of aryl methyl sites for hydroxylation is 2. The lowest BCUT2D eigenvalue weighted by molar-refractivity contribution is 0.0746. The zero-order valence-electron chi connectivity index (χ0n) is 20.4. The van der Waals surface area contributed by atoms with Crippen LogP contribution in [0.2, 0.25) is 0 Å². The van der Waals surface area contributed by atoms with Gasteiger partial charge in [-0.15, -0.1) is 0 Å². The Bertz CT molecular complexity index is 1340. The predicted molar refractivity (Wildman–Crippen MR) is 137 cm³/mol. The lowest BCUT2D eigenvalue weighted by Gasteiger charge is -2.36. The molecular weight excluding hydrogens is 440 g/mol. The number of carbonyl (C=O) groups excluding carboxylic acids is 1. The Kier molecular flexibility index (Phi) is 6.35. The van der Waals surface area contributed by atoms with E-state index in [4.69, 9.17) is 19.8 Å². The molecule has 0 unspecified atom stereocenters. The maximum absolute atomic E-state index is 13.1. The number of nitrogens with zero attached hydrogens (tertiary/aromatic N) is 6. The first-order chi connectivity index (χ1) is 17.1. The van der Waals surface area contributed by atoms with Gasteiger partial charge in [-0.3, -0.25) is 4.79 Å². The van der Waals surface area contributed by atoms with Gasteiger partial charge in [-0.2, -0.15) is 5.10 Å². The number of hydrogen-bond acceptors (Lipinski definition) is 6. The van der Waals surface area contributed by atoms with Gasteiger partial charge in [0.2, 0.25) is 0 Å². The van der Waals surface area contributed by atoms with Crippen LogP contribution in [0.1, 0.15) is 35.2 Å². The van der Waals surface area contributed by atoms with E-state index in [0.717, 1.165) is 46.9 Å². The Hall–Kier alpha value is -3.94. The van der Waals surface area contributed by atoms with Crippen molar-refractivity contribution >= 4 is 22.8 Å². The van der Waals surface area contributed by atoms with Crippen molar-refractivity contribution in [3.05, 3.63) is 71.7 Å². The minimum Gasteiger partial charge on any atom is -0.497 e. The Morgan fingerprint density at radius 2 is 1.77 bits per heavy atom. The Balaban J connectivity index is 1.45. The van der Waals surface area contributed by atoms with E-state index in [9.17, 15) is 4.79 Å². The molecule has 1 amide bonds. The molecule has 5 rings (SSSR count). The highest BCUT2D eigenvalue weighted by Gasteiger charge is 2.27. The molecule has 0 spiro atoms. The number of fused-ring (bicyclic) bond motifs is 1. The quantitative estimate of drug-likeness (QED) is 0.423. The van der Waals surface area contributed by atoms with Crippen LogP contribution in [0.15, 0.2) is 54.6 Å². The predicted octanol–water partition coefficient (Wildman–Crippen LogP) is 4.05. The monoisotopic (exact) mass is 470 g/mol. The largest absolute Gasteiger partial charge is 0.497 e. The average molecular weight is 471 g/mol. The lowest BCUT2D eigenvalue weighted by Crippen LogP contribution is -2.49. The van der Waals surface area contributed by atoms with Gasteiger partial charge in [0.15, 0.2) is 5.65 Å². The van der Waals surface area contributed by atoms with Crippen LogP contribution in [0.5, 0.6) is 5.75 Å². The minimum atomic E-state index is 0.0242. The summed E-state index contributed by atoms with van der Waals surface area (Å²) in [5, 5.41) is 5.80. The van der Waals surface area contributed by atoms with Crippen molar-refractivity contribution in [1.29, 1.82) is 0 Å². The maximum atomic E-state index is 13.1. The van der Waals surface area contributed by atoms with E-state index < -0.39 is 0 Å². The van der Waals surface area contributed by atoms with Gasteiger partial charge in [0.05, 0.1) is 23.9 Å². The summed E-state index contributed by atoms with van der Waals surface area (Å²) in [5.74, 6) is 2.44. The number of aromatic nitrogens is 4. The third-order valence-corrected chi connectivity index (χ3v) is 6.39.